The Hall–Kier alpha value is -3.71. The average molecular weight is 401 g/mol. The molecule has 0 spiro atoms. The number of aromatic nitrogens is 2. The van der Waals surface area contributed by atoms with Crippen LogP contribution in [-0.2, 0) is 0 Å². The summed E-state index contributed by atoms with van der Waals surface area (Å²) in [6.07, 6.45) is 1.38. The minimum Gasteiger partial charge on any atom is -0.495 e. The van der Waals surface area contributed by atoms with Gasteiger partial charge in [-0.1, -0.05) is 36.4 Å². The molecule has 0 bridgehead atoms. The van der Waals surface area contributed by atoms with Crippen molar-refractivity contribution in [2.75, 3.05) is 18.2 Å². The first-order valence-corrected chi connectivity index (χ1v) is 9.84. The third-order valence-electron chi connectivity index (χ3n) is 4.50. The van der Waals surface area contributed by atoms with Crippen molar-refractivity contribution in [1.82, 2.24) is 9.97 Å². The van der Waals surface area contributed by atoms with Crippen molar-refractivity contribution in [1.29, 1.82) is 5.41 Å². The van der Waals surface area contributed by atoms with Crippen molar-refractivity contribution in [2.45, 2.75) is 0 Å². The number of rotatable bonds is 6. The van der Waals surface area contributed by atoms with E-state index in [-0.39, 0.29) is 11.5 Å². The molecule has 0 atom stereocenters. The Morgan fingerprint density at radius 2 is 1.90 bits per heavy atom. The molecule has 6 nitrogen and oxygen atoms in total. The lowest BCUT2D eigenvalue weighted by Crippen LogP contribution is -2.11. The van der Waals surface area contributed by atoms with Crippen LogP contribution in [-0.4, -0.2) is 22.8 Å². The zero-order chi connectivity index (χ0) is 20.2. The van der Waals surface area contributed by atoms with Gasteiger partial charge in [0.2, 0.25) is 0 Å². The Bertz CT molecular complexity index is 1140. The average Bonchev–Trinajstić information content (AvgIpc) is 3.29. The largest absolute Gasteiger partial charge is 0.495 e. The topological polar surface area (TPSA) is 96.9 Å². The number of nitrogens with zero attached hydrogens (tertiary/aromatic N) is 2. The van der Waals surface area contributed by atoms with E-state index < -0.39 is 0 Å². The summed E-state index contributed by atoms with van der Waals surface area (Å²) in [6.45, 7) is 0. The Morgan fingerprint density at radius 1 is 1.07 bits per heavy atom. The van der Waals surface area contributed by atoms with Crippen LogP contribution in [0.4, 0.5) is 17.3 Å². The third-order valence-corrected chi connectivity index (χ3v) is 5.18. The summed E-state index contributed by atoms with van der Waals surface area (Å²) in [5.41, 5.74) is 10.5. The predicted octanol–water partition coefficient (Wildman–Crippen LogP) is 4.96. The fourth-order valence-corrected chi connectivity index (χ4v) is 3.68. The molecule has 0 aliphatic heterocycles. The first kappa shape index (κ1) is 18.6. The van der Waals surface area contributed by atoms with Crippen LogP contribution in [0.1, 0.15) is 11.1 Å². The highest BCUT2D eigenvalue weighted by Crippen LogP contribution is 2.34. The lowest BCUT2D eigenvalue weighted by atomic mass is 10.0. The molecule has 0 saturated heterocycles. The van der Waals surface area contributed by atoms with Crippen molar-refractivity contribution in [3.05, 3.63) is 82.8 Å². The van der Waals surface area contributed by atoms with E-state index in [0.29, 0.717) is 17.1 Å². The number of thiophene rings is 1. The zero-order valence-electron chi connectivity index (χ0n) is 15.7. The SMILES string of the molecule is COc1ccc(-c2ccccc2)cc1Nc1ncnc(N)c1C(=N)c1ccsc1. The Labute approximate surface area is 172 Å². The molecule has 29 heavy (non-hydrogen) atoms. The highest BCUT2D eigenvalue weighted by atomic mass is 32.1. The molecule has 0 aliphatic carbocycles. The summed E-state index contributed by atoms with van der Waals surface area (Å²) in [4.78, 5) is 8.43. The van der Waals surface area contributed by atoms with Crippen molar-refractivity contribution in [2.24, 2.45) is 0 Å². The minimum absolute atomic E-state index is 0.247. The molecule has 0 saturated carbocycles. The summed E-state index contributed by atoms with van der Waals surface area (Å²) in [5, 5.41) is 15.7. The molecular formula is C22H19N5OS. The number of benzene rings is 2. The monoisotopic (exact) mass is 401 g/mol. The van der Waals surface area contributed by atoms with Crippen molar-refractivity contribution >= 4 is 34.4 Å². The standard InChI is InChI=1S/C22H19N5OS/c1-28-18-8-7-15(14-5-3-2-4-6-14)11-17(18)27-22-19(21(24)25-13-26-22)20(23)16-9-10-29-12-16/h2-13,23H,1H3,(H3,24,25,26,27). The first-order valence-electron chi connectivity index (χ1n) is 8.90. The summed E-state index contributed by atoms with van der Waals surface area (Å²) >= 11 is 1.52. The van der Waals surface area contributed by atoms with Crippen LogP contribution in [0.15, 0.2) is 71.7 Å². The Balaban J connectivity index is 1.76. The summed E-state index contributed by atoms with van der Waals surface area (Å²) < 4.78 is 5.52. The second kappa shape index (κ2) is 8.12. The van der Waals surface area contributed by atoms with Crippen LogP contribution in [0.25, 0.3) is 11.1 Å². The van der Waals surface area contributed by atoms with Crippen LogP contribution >= 0.6 is 11.3 Å². The zero-order valence-corrected chi connectivity index (χ0v) is 16.5. The van der Waals surface area contributed by atoms with Gasteiger partial charge in [0.1, 0.15) is 23.7 Å². The van der Waals surface area contributed by atoms with Crippen LogP contribution in [0.3, 0.4) is 0 Å². The van der Waals surface area contributed by atoms with Gasteiger partial charge < -0.3 is 15.8 Å². The first-order chi connectivity index (χ1) is 14.2. The molecule has 0 radical (unpaired) electrons. The number of hydrogen-bond donors (Lipinski definition) is 3. The summed E-state index contributed by atoms with van der Waals surface area (Å²) in [6, 6.07) is 17.8. The number of hydrogen-bond acceptors (Lipinski definition) is 7. The number of methoxy groups -OCH3 is 1. The number of ether oxygens (including phenoxy) is 1. The fourth-order valence-electron chi connectivity index (χ4n) is 3.03. The van der Waals surface area contributed by atoms with E-state index in [0.717, 1.165) is 22.4 Å². The minimum atomic E-state index is 0.247. The quantitative estimate of drug-likeness (QED) is 0.397. The molecule has 2 aromatic heterocycles. The summed E-state index contributed by atoms with van der Waals surface area (Å²) in [5.74, 6) is 1.36. The lowest BCUT2D eigenvalue weighted by molar-refractivity contribution is 0.417. The van der Waals surface area contributed by atoms with Gasteiger partial charge in [0.05, 0.1) is 24.1 Å². The molecule has 4 aromatic rings. The molecule has 7 heteroatoms. The highest BCUT2D eigenvalue weighted by molar-refractivity contribution is 7.08. The van der Waals surface area contributed by atoms with Gasteiger partial charge >= 0.3 is 0 Å². The van der Waals surface area contributed by atoms with E-state index in [1.165, 1.54) is 17.7 Å². The molecule has 0 fully saturated rings. The van der Waals surface area contributed by atoms with E-state index in [2.05, 4.69) is 15.3 Å². The molecule has 0 aliphatic rings. The van der Waals surface area contributed by atoms with Gasteiger partial charge in [-0.25, -0.2) is 9.97 Å². The van der Waals surface area contributed by atoms with Gasteiger partial charge in [0.25, 0.3) is 0 Å². The molecule has 4 N–H and O–H groups in total. The number of nitrogens with one attached hydrogen (secondary N) is 2. The van der Waals surface area contributed by atoms with Gasteiger partial charge in [-0.2, -0.15) is 11.3 Å². The third kappa shape index (κ3) is 3.81. The van der Waals surface area contributed by atoms with Gasteiger partial charge in [0, 0.05) is 10.9 Å². The van der Waals surface area contributed by atoms with Crippen LogP contribution < -0.4 is 15.8 Å². The maximum atomic E-state index is 8.59. The van der Waals surface area contributed by atoms with Gasteiger partial charge in [0.15, 0.2) is 0 Å². The maximum absolute atomic E-state index is 8.59. The molecule has 2 aromatic carbocycles. The van der Waals surface area contributed by atoms with E-state index in [9.17, 15) is 0 Å². The predicted molar refractivity (Wildman–Crippen MR) is 118 cm³/mol. The molecular weight excluding hydrogens is 382 g/mol. The van der Waals surface area contributed by atoms with E-state index >= 15 is 0 Å². The van der Waals surface area contributed by atoms with Gasteiger partial charge in [-0.15, -0.1) is 0 Å². The van der Waals surface area contributed by atoms with Crippen molar-refractivity contribution in [3.63, 3.8) is 0 Å². The number of nitrogens with two attached hydrogens (primary N) is 1. The maximum Gasteiger partial charge on any atom is 0.145 e. The van der Waals surface area contributed by atoms with Crippen LogP contribution in [0.5, 0.6) is 5.75 Å². The smallest absolute Gasteiger partial charge is 0.145 e. The molecule has 144 valence electrons. The molecule has 0 amide bonds. The van der Waals surface area contributed by atoms with Gasteiger partial charge in [-0.05, 0) is 34.7 Å². The Morgan fingerprint density at radius 3 is 2.62 bits per heavy atom. The lowest BCUT2D eigenvalue weighted by Gasteiger charge is -2.16. The molecule has 4 rings (SSSR count). The fraction of sp³-hybridized carbons (Fsp3) is 0.0455. The van der Waals surface area contributed by atoms with E-state index in [1.807, 2.05) is 65.4 Å². The Kier molecular flexibility index (Phi) is 5.22. The second-order valence-corrected chi connectivity index (χ2v) is 7.06. The second-order valence-electron chi connectivity index (χ2n) is 6.28. The highest BCUT2D eigenvalue weighted by Gasteiger charge is 2.18. The normalized spacial score (nSPS) is 10.5. The summed E-state index contributed by atoms with van der Waals surface area (Å²) in [7, 11) is 1.62. The van der Waals surface area contributed by atoms with Crippen LogP contribution in [0, 0.1) is 5.41 Å². The van der Waals surface area contributed by atoms with Crippen molar-refractivity contribution in [3.8, 4) is 16.9 Å². The number of anilines is 3. The van der Waals surface area contributed by atoms with Crippen molar-refractivity contribution < 1.29 is 4.74 Å². The molecule has 2 heterocycles. The number of nitrogen functional groups attached to an aromatic ring is 1. The van der Waals surface area contributed by atoms with Crippen LogP contribution in [0.2, 0.25) is 0 Å². The molecule has 0 unspecified atom stereocenters. The van der Waals surface area contributed by atoms with Gasteiger partial charge in [-0.3, -0.25) is 5.41 Å². The van der Waals surface area contributed by atoms with E-state index in [4.69, 9.17) is 15.9 Å². The van der Waals surface area contributed by atoms with E-state index in [1.54, 1.807) is 7.11 Å².